The smallest absolute Gasteiger partial charge is 0.374 e. The Morgan fingerprint density at radius 3 is 2.52 bits per heavy atom. The van der Waals surface area contributed by atoms with Crippen LogP contribution < -0.4 is 5.32 Å². The fourth-order valence-electron chi connectivity index (χ4n) is 3.04. The van der Waals surface area contributed by atoms with E-state index in [4.69, 9.17) is 0 Å². The lowest BCUT2D eigenvalue weighted by atomic mass is 9.97. The molecule has 1 aliphatic heterocycles. The molecule has 154 valence electrons. The largest absolute Gasteiger partial charge is 0.424 e. The number of nitrogens with one attached hydrogen (secondary N) is 1. The number of hydrogen-bond acceptors (Lipinski definition) is 3. The number of urea groups is 1. The van der Waals surface area contributed by atoms with Gasteiger partial charge >= 0.3 is 18.4 Å². The van der Waals surface area contributed by atoms with Gasteiger partial charge in [0, 0.05) is 45.5 Å². The highest BCUT2D eigenvalue weighted by atomic mass is 19.4. The van der Waals surface area contributed by atoms with Crippen molar-refractivity contribution >= 4 is 6.03 Å². The summed E-state index contributed by atoms with van der Waals surface area (Å²) in [7, 11) is 1.28. The van der Waals surface area contributed by atoms with Crippen molar-refractivity contribution < 1.29 is 36.2 Å². The number of rotatable bonds is 4. The van der Waals surface area contributed by atoms with Crippen LogP contribution in [-0.2, 0) is 12.6 Å². The van der Waals surface area contributed by atoms with Crippen LogP contribution in [0, 0.1) is 5.92 Å². The van der Waals surface area contributed by atoms with Gasteiger partial charge in [0.25, 0.3) is 0 Å². The summed E-state index contributed by atoms with van der Waals surface area (Å²) in [6.07, 6.45) is -8.04. The van der Waals surface area contributed by atoms with Gasteiger partial charge in [-0.2, -0.15) is 26.3 Å². The first kappa shape index (κ1) is 21.3. The van der Waals surface area contributed by atoms with Gasteiger partial charge in [-0.3, -0.25) is 0 Å². The number of imidazole rings is 1. The number of piperidine rings is 1. The van der Waals surface area contributed by atoms with Crippen LogP contribution in [0.3, 0.4) is 0 Å². The summed E-state index contributed by atoms with van der Waals surface area (Å²) < 4.78 is 79.4. The van der Waals surface area contributed by atoms with E-state index in [9.17, 15) is 36.2 Å². The van der Waals surface area contributed by atoms with Crippen LogP contribution in [0.25, 0.3) is 0 Å². The van der Waals surface area contributed by atoms with Crippen LogP contribution in [0.5, 0.6) is 0 Å². The second-order valence-corrected chi connectivity index (χ2v) is 6.53. The van der Waals surface area contributed by atoms with Gasteiger partial charge in [0.1, 0.15) is 5.82 Å². The average molecular weight is 402 g/mol. The quantitative estimate of drug-likeness (QED) is 0.761. The fraction of sp³-hybridized carbons (Fsp3) is 0.733. The molecule has 1 aromatic rings. The standard InChI is InChI=1S/C15H20F6N4O2/c1-24-8-6-22-11(24)13(27,15(19,20)21)4-5-23-12(26)25-7-2-3-10(9-25)14(16,17)18/h6,8,10,27H,2-5,7,9H2,1H3,(H,23,26)/t10-,13-/m1/s1. The molecule has 2 amide bonds. The van der Waals surface area contributed by atoms with Crippen molar-refractivity contribution in [3.05, 3.63) is 18.2 Å². The molecule has 0 aromatic carbocycles. The first-order valence-electron chi connectivity index (χ1n) is 8.22. The Morgan fingerprint density at radius 2 is 2.00 bits per heavy atom. The number of halogens is 6. The van der Waals surface area contributed by atoms with Crippen LogP contribution in [-0.4, -0.2) is 57.6 Å². The Kier molecular flexibility index (Phi) is 5.97. The molecule has 1 saturated heterocycles. The number of carbonyl (C=O) groups is 1. The summed E-state index contributed by atoms with van der Waals surface area (Å²) in [6, 6.07) is -0.895. The SMILES string of the molecule is Cn1ccnc1[C@](O)(CCNC(=O)N1CCC[C@@H](C(F)(F)F)C1)C(F)(F)F. The number of aromatic nitrogens is 2. The molecular weight excluding hydrogens is 382 g/mol. The van der Waals surface area contributed by atoms with E-state index in [1.54, 1.807) is 0 Å². The molecule has 1 aliphatic rings. The molecular formula is C15H20F6N4O2. The van der Waals surface area contributed by atoms with Gasteiger partial charge in [-0.1, -0.05) is 0 Å². The van der Waals surface area contributed by atoms with Crippen molar-refractivity contribution in [3.8, 4) is 0 Å². The zero-order chi connectivity index (χ0) is 20.5. The van der Waals surface area contributed by atoms with Gasteiger partial charge in [-0.05, 0) is 12.8 Å². The highest BCUT2D eigenvalue weighted by Gasteiger charge is 2.57. The zero-order valence-corrected chi connectivity index (χ0v) is 14.4. The normalized spacial score (nSPS) is 21.0. The summed E-state index contributed by atoms with van der Waals surface area (Å²) in [5.41, 5.74) is -3.30. The average Bonchev–Trinajstić information content (AvgIpc) is 2.99. The Labute approximate surface area is 151 Å². The molecule has 0 radical (unpaired) electrons. The van der Waals surface area contributed by atoms with Gasteiger partial charge < -0.3 is 19.9 Å². The molecule has 2 atom stereocenters. The molecule has 0 unspecified atom stereocenters. The Hall–Kier alpha value is -1.98. The van der Waals surface area contributed by atoms with E-state index in [1.165, 1.54) is 13.2 Å². The van der Waals surface area contributed by atoms with E-state index < -0.39 is 55.2 Å². The lowest BCUT2D eigenvalue weighted by molar-refractivity contribution is -0.272. The number of hydrogen-bond donors (Lipinski definition) is 2. The van der Waals surface area contributed by atoms with Crippen LogP contribution in [0.2, 0.25) is 0 Å². The van der Waals surface area contributed by atoms with Crippen LogP contribution in [0.1, 0.15) is 25.1 Å². The maximum atomic E-state index is 13.4. The van der Waals surface area contributed by atoms with Crippen molar-refractivity contribution in [2.24, 2.45) is 13.0 Å². The Balaban J connectivity index is 1.99. The van der Waals surface area contributed by atoms with E-state index in [1.807, 2.05) is 0 Å². The van der Waals surface area contributed by atoms with E-state index in [-0.39, 0.29) is 19.4 Å². The number of carbonyl (C=O) groups excluding carboxylic acids is 1. The van der Waals surface area contributed by atoms with Crippen LogP contribution >= 0.6 is 0 Å². The summed E-state index contributed by atoms with van der Waals surface area (Å²) in [5, 5.41) is 12.3. The van der Waals surface area contributed by atoms with Crippen molar-refractivity contribution in [3.63, 3.8) is 0 Å². The molecule has 2 heterocycles. The monoisotopic (exact) mass is 402 g/mol. The first-order chi connectivity index (χ1) is 12.4. The van der Waals surface area contributed by atoms with Crippen molar-refractivity contribution in [1.29, 1.82) is 0 Å². The molecule has 6 nitrogen and oxygen atoms in total. The van der Waals surface area contributed by atoms with Gasteiger partial charge in [0.15, 0.2) is 0 Å². The van der Waals surface area contributed by atoms with E-state index in [0.29, 0.717) is 0 Å². The lowest BCUT2D eigenvalue weighted by Crippen LogP contribution is -2.50. The maximum Gasteiger partial charge on any atom is 0.424 e. The summed E-state index contributed by atoms with van der Waals surface area (Å²) in [5.74, 6) is -2.30. The van der Waals surface area contributed by atoms with Gasteiger partial charge in [-0.25, -0.2) is 9.78 Å². The molecule has 12 heteroatoms. The Bertz CT molecular complexity index is 659. The van der Waals surface area contributed by atoms with Gasteiger partial charge in [0.2, 0.25) is 5.60 Å². The highest BCUT2D eigenvalue weighted by molar-refractivity contribution is 5.74. The molecule has 2 rings (SSSR count). The maximum absolute atomic E-state index is 13.4. The number of amides is 2. The molecule has 1 fully saturated rings. The minimum atomic E-state index is -5.05. The predicted molar refractivity (Wildman–Crippen MR) is 81.5 cm³/mol. The molecule has 27 heavy (non-hydrogen) atoms. The number of nitrogens with zero attached hydrogens (tertiary/aromatic N) is 3. The second-order valence-electron chi connectivity index (χ2n) is 6.53. The fourth-order valence-corrected chi connectivity index (χ4v) is 3.04. The minimum absolute atomic E-state index is 0.0846. The third-order valence-electron chi connectivity index (χ3n) is 4.59. The van der Waals surface area contributed by atoms with E-state index in [0.717, 1.165) is 15.7 Å². The van der Waals surface area contributed by atoms with Crippen molar-refractivity contribution in [2.75, 3.05) is 19.6 Å². The minimum Gasteiger partial charge on any atom is -0.374 e. The zero-order valence-electron chi connectivity index (χ0n) is 14.4. The summed E-state index contributed by atoms with van der Waals surface area (Å²) in [6.45, 7) is -1.05. The molecule has 2 N–H and O–H groups in total. The molecule has 0 spiro atoms. The number of alkyl halides is 6. The van der Waals surface area contributed by atoms with Gasteiger partial charge in [-0.15, -0.1) is 0 Å². The number of aliphatic hydroxyl groups is 1. The summed E-state index contributed by atoms with van der Waals surface area (Å²) in [4.78, 5) is 16.5. The van der Waals surface area contributed by atoms with Crippen LogP contribution in [0.15, 0.2) is 12.4 Å². The molecule has 1 aromatic heterocycles. The van der Waals surface area contributed by atoms with Crippen molar-refractivity contribution in [1.82, 2.24) is 19.8 Å². The lowest BCUT2D eigenvalue weighted by Gasteiger charge is -2.34. The molecule has 0 bridgehead atoms. The van der Waals surface area contributed by atoms with Gasteiger partial charge in [0.05, 0.1) is 5.92 Å². The predicted octanol–water partition coefficient (Wildman–Crippen LogP) is 2.54. The van der Waals surface area contributed by atoms with Crippen LogP contribution in [0.4, 0.5) is 31.1 Å². The number of likely N-dealkylation sites (tertiary alicyclic amines) is 1. The van der Waals surface area contributed by atoms with Crippen molar-refractivity contribution in [2.45, 2.75) is 37.2 Å². The third kappa shape index (κ3) is 4.66. The first-order valence-corrected chi connectivity index (χ1v) is 8.22. The molecule has 0 aliphatic carbocycles. The summed E-state index contributed by atoms with van der Waals surface area (Å²) >= 11 is 0. The van der Waals surface area contributed by atoms with E-state index >= 15 is 0 Å². The third-order valence-corrected chi connectivity index (χ3v) is 4.59. The molecule has 0 saturated carbocycles. The second kappa shape index (κ2) is 7.56. The highest BCUT2D eigenvalue weighted by Crippen LogP contribution is 2.40. The topological polar surface area (TPSA) is 70.4 Å². The van der Waals surface area contributed by atoms with E-state index in [2.05, 4.69) is 10.3 Å². The number of aryl methyl sites for hydroxylation is 1. The Morgan fingerprint density at radius 1 is 1.33 bits per heavy atom.